The fourth-order valence-electron chi connectivity index (χ4n) is 2.61. The standard InChI is InChI=1S/C17H13ClF2N2O/c1-9(21)15-5-10-3-2-4-14(18)16(10)17(23)22(15)13-7-11(19)6-12(20)8-13/h2-9H,21H2,1H3/t9-/m0/s1. The normalized spacial score (nSPS) is 12.6. The second-order valence-electron chi connectivity index (χ2n) is 5.33. The van der Waals surface area contributed by atoms with Crippen LogP contribution in [0.1, 0.15) is 18.7 Å². The molecule has 23 heavy (non-hydrogen) atoms. The van der Waals surface area contributed by atoms with E-state index in [1.807, 2.05) is 0 Å². The summed E-state index contributed by atoms with van der Waals surface area (Å²) in [5.74, 6) is -1.55. The van der Waals surface area contributed by atoms with Crippen molar-refractivity contribution in [1.82, 2.24) is 4.57 Å². The van der Waals surface area contributed by atoms with Crippen LogP contribution in [0.3, 0.4) is 0 Å². The first-order valence-electron chi connectivity index (χ1n) is 6.94. The van der Waals surface area contributed by atoms with E-state index in [0.29, 0.717) is 11.1 Å². The minimum atomic E-state index is -0.776. The van der Waals surface area contributed by atoms with Gasteiger partial charge in [0.25, 0.3) is 5.56 Å². The Morgan fingerprint density at radius 1 is 1.13 bits per heavy atom. The lowest BCUT2D eigenvalue weighted by Gasteiger charge is -2.17. The maximum absolute atomic E-state index is 13.6. The van der Waals surface area contributed by atoms with E-state index >= 15 is 0 Å². The third-order valence-electron chi connectivity index (χ3n) is 3.60. The highest BCUT2D eigenvalue weighted by Gasteiger charge is 2.16. The third kappa shape index (κ3) is 2.73. The van der Waals surface area contributed by atoms with Crippen LogP contribution in [0.25, 0.3) is 16.5 Å². The Kier molecular flexibility index (Phi) is 3.92. The summed E-state index contributed by atoms with van der Waals surface area (Å²) in [6.45, 7) is 1.69. The minimum absolute atomic E-state index is 0.0709. The van der Waals surface area contributed by atoms with Gasteiger partial charge in [0, 0.05) is 17.8 Å². The summed E-state index contributed by atoms with van der Waals surface area (Å²) >= 11 is 6.12. The van der Waals surface area contributed by atoms with Crippen molar-refractivity contribution in [2.45, 2.75) is 13.0 Å². The van der Waals surface area contributed by atoms with Gasteiger partial charge in [-0.2, -0.15) is 0 Å². The van der Waals surface area contributed by atoms with Crippen molar-refractivity contribution in [3.8, 4) is 5.69 Å². The lowest BCUT2D eigenvalue weighted by atomic mass is 10.1. The van der Waals surface area contributed by atoms with Gasteiger partial charge in [-0.05, 0) is 36.6 Å². The maximum Gasteiger partial charge on any atom is 0.264 e. The zero-order chi connectivity index (χ0) is 16.7. The number of fused-ring (bicyclic) bond motifs is 1. The van der Waals surface area contributed by atoms with Gasteiger partial charge in [0.2, 0.25) is 0 Å². The van der Waals surface area contributed by atoms with Gasteiger partial charge in [-0.3, -0.25) is 9.36 Å². The highest BCUT2D eigenvalue weighted by Crippen LogP contribution is 2.25. The first-order valence-corrected chi connectivity index (χ1v) is 7.32. The van der Waals surface area contributed by atoms with Crippen LogP contribution in [0, 0.1) is 11.6 Å². The molecular weight excluding hydrogens is 322 g/mol. The van der Waals surface area contributed by atoms with Crippen LogP contribution in [0.4, 0.5) is 8.78 Å². The molecule has 0 saturated heterocycles. The molecule has 0 saturated carbocycles. The Morgan fingerprint density at radius 3 is 2.39 bits per heavy atom. The van der Waals surface area contributed by atoms with Crippen LogP contribution in [0.5, 0.6) is 0 Å². The van der Waals surface area contributed by atoms with Crippen molar-refractivity contribution in [1.29, 1.82) is 0 Å². The fourth-order valence-corrected chi connectivity index (χ4v) is 2.87. The van der Waals surface area contributed by atoms with E-state index in [0.717, 1.165) is 18.2 Å². The Morgan fingerprint density at radius 2 is 1.78 bits per heavy atom. The largest absolute Gasteiger partial charge is 0.323 e. The lowest BCUT2D eigenvalue weighted by molar-refractivity contribution is 0.580. The predicted octanol–water partition coefficient (Wildman–Crippen LogP) is 3.94. The topological polar surface area (TPSA) is 48.0 Å². The van der Waals surface area contributed by atoms with E-state index in [-0.39, 0.29) is 16.1 Å². The summed E-state index contributed by atoms with van der Waals surface area (Å²) in [6.07, 6.45) is 0. The van der Waals surface area contributed by atoms with E-state index in [1.54, 1.807) is 31.2 Å². The number of rotatable bonds is 2. The van der Waals surface area contributed by atoms with E-state index in [2.05, 4.69) is 0 Å². The molecule has 1 heterocycles. The molecule has 0 aliphatic carbocycles. The molecule has 0 aliphatic heterocycles. The van der Waals surface area contributed by atoms with E-state index in [9.17, 15) is 13.6 Å². The zero-order valence-corrected chi connectivity index (χ0v) is 12.9. The molecule has 0 aliphatic rings. The van der Waals surface area contributed by atoms with E-state index in [1.165, 1.54) is 4.57 Å². The van der Waals surface area contributed by atoms with Crippen molar-refractivity contribution >= 4 is 22.4 Å². The fraction of sp³-hybridized carbons (Fsp3) is 0.118. The second kappa shape index (κ2) is 5.76. The summed E-state index contributed by atoms with van der Waals surface area (Å²) in [7, 11) is 0. The summed E-state index contributed by atoms with van der Waals surface area (Å²) in [5.41, 5.74) is 5.99. The van der Waals surface area contributed by atoms with Crippen LogP contribution >= 0.6 is 11.6 Å². The molecule has 6 heteroatoms. The van der Waals surface area contributed by atoms with Crippen LogP contribution in [-0.4, -0.2) is 4.57 Å². The molecule has 0 radical (unpaired) electrons. The molecule has 0 fully saturated rings. The second-order valence-corrected chi connectivity index (χ2v) is 5.74. The Hall–Kier alpha value is -2.24. The highest BCUT2D eigenvalue weighted by molar-refractivity contribution is 6.35. The predicted molar refractivity (Wildman–Crippen MR) is 87.1 cm³/mol. The quantitative estimate of drug-likeness (QED) is 0.771. The van der Waals surface area contributed by atoms with Crippen molar-refractivity contribution < 1.29 is 8.78 Å². The zero-order valence-electron chi connectivity index (χ0n) is 12.2. The molecule has 2 aromatic carbocycles. The van der Waals surface area contributed by atoms with E-state index < -0.39 is 23.2 Å². The SMILES string of the molecule is C[C@H](N)c1cc2cccc(Cl)c2c(=O)n1-c1cc(F)cc(F)c1. The van der Waals surface area contributed by atoms with Crippen molar-refractivity contribution in [2.24, 2.45) is 5.73 Å². The maximum atomic E-state index is 13.6. The van der Waals surface area contributed by atoms with Gasteiger partial charge < -0.3 is 5.73 Å². The minimum Gasteiger partial charge on any atom is -0.323 e. The summed E-state index contributed by atoms with van der Waals surface area (Å²) in [6, 6.07) is 9.15. The van der Waals surface area contributed by atoms with Gasteiger partial charge in [-0.15, -0.1) is 0 Å². The molecule has 0 spiro atoms. The Labute approximate surface area is 135 Å². The number of pyridine rings is 1. The molecule has 0 unspecified atom stereocenters. The van der Waals surface area contributed by atoms with Crippen molar-refractivity contribution in [3.05, 3.63) is 75.2 Å². The molecule has 3 rings (SSSR count). The molecule has 3 nitrogen and oxygen atoms in total. The third-order valence-corrected chi connectivity index (χ3v) is 3.91. The van der Waals surface area contributed by atoms with E-state index in [4.69, 9.17) is 17.3 Å². The number of hydrogen-bond donors (Lipinski definition) is 1. The molecule has 3 aromatic rings. The molecule has 0 bridgehead atoms. The lowest BCUT2D eigenvalue weighted by Crippen LogP contribution is -2.26. The van der Waals surface area contributed by atoms with Crippen LogP contribution in [0.2, 0.25) is 5.02 Å². The summed E-state index contributed by atoms with van der Waals surface area (Å²) in [5, 5.41) is 1.18. The van der Waals surface area contributed by atoms with Crippen LogP contribution in [0.15, 0.2) is 47.3 Å². The molecule has 118 valence electrons. The van der Waals surface area contributed by atoms with Gasteiger partial charge in [0.05, 0.1) is 16.1 Å². The average Bonchev–Trinajstić information content (AvgIpc) is 2.45. The number of aromatic nitrogens is 1. The van der Waals surface area contributed by atoms with Crippen molar-refractivity contribution in [2.75, 3.05) is 0 Å². The highest BCUT2D eigenvalue weighted by atomic mass is 35.5. The van der Waals surface area contributed by atoms with Gasteiger partial charge in [-0.25, -0.2) is 8.78 Å². The van der Waals surface area contributed by atoms with Crippen LogP contribution in [-0.2, 0) is 0 Å². The molecule has 0 amide bonds. The van der Waals surface area contributed by atoms with Crippen LogP contribution < -0.4 is 11.3 Å². The Balaban J connectivity index is 2.47. The van der Waals surface area contributed by atoms with Gasteiger partial charge in [0.15, 0.2) is 0 Å². The molecule has 1 atom stereocenters. The van der Waals surface area contributed by atoms with Gasteiger partial charge in [0.1, 0.15) is 11.6 Å². The first-order chi connectivity index (χ1) is 10.9. The summed E-state index contributed by atoms with van der Waals surface area (Å²) in [4.78, 5) is 12.9. The number of nitrogens with two attached hydrogens (primary N) is 1. The smallest absolute Gasteiger partial charge is 0.264 e. The number of benzene rings is 2. The number of halogens is 3. The molecule has 1 aromatic heterocycles. The first kappa shape index (κ1) is 15.6. The summed E-state index contributed by atoms with van der Waals surface area (Å²) < 4.78 is 28.3. The average molecular weight is 335 g/mol. The monoisotopic (exact) mass is 334 g/mol. The molecule has 2 N–H and O–H groups in total. The van der Waals surface area contributed by atoms with Gasteiger partial charge in [-0.1, -0.05) is 23.7 Å². The number of nitrogens with zero attached hydrogens (tertiary/aromatic N) is 1. The molecular formula is C17H13ClF2N2O. The van der Waals surface area contributed by atoms with Gasteiger partial charge >= 0.3 is 0 Å². The Bertz CT molecular complexity index is 946. The number of hydrogen-bond acceptors (Lipinski definition) is 2. The van der Waals surface area contributed by atoms with Crippen molar-refractivity contribution in [3.63, 3.8) is 0 Å².